The van der Waals surface area contributed by atoms with Crippen LogP contribution in [0.3, 0.4) is 0 Å². The summed E-state index contributed by atoms with van der Waals surface area (Å²) >= 11 is 5.94. The van der Waals surface area contributed by atoms with Crippen molar-refractivity contribution in [3.05, 3.63) is 32.8 Å². The first-order valence-corrected chi connectivity index (χ1v) is 8.84. The maximum atomic E-state index is 11.1. The van der Waals surface area contributed by atoms with Crippen LogP contribution in [0.4, 0.5) is 10.8 Å². The van der Waals surface area contributed by atoms with Crippen LogP contribution in [0, 0.1) is 10.1 Å². The molecular weight excluding hydrogens is 392 g/mol. The number of nitro groups is 1. The summed E-state index contributed by atoms with van der Waals surface area (Å²) < 4.78 is 6.67. The molecule has 0 spiro atoms. The van der Waals surface area contributed by atoms with E-state index in [1.165, 1.54) is 29.2 Å². The highest BCUT2D eigenvalue weighted by Gasteiger charge is 2.19. The zero-order chi connectivity index (χ0) is 15.5. The van der Waals surface area contributed by atoms with Gasteiger partial charge in [-0.25, -0.2) is 0 Å². The first kappa shape index (κ1) is 15.7. The molecule has 2 aromatic rings. The molecule has 0 amide bonds. The number of hydrogen-bond donors (Lipinski definition) is 0. The van der Waals surface area contributed by atoms with E-state index < -0.39 is 4.92 Å². The van der Waals surface area contributed by atoms with Gasteiger partial charge in [0.15, 0.2) is 4.34 Å². The Hall–Kier alpha value is -1.23. The molecule has 0 saturated carbocycles. The second-order valence-corrected chi connectivity index (χ2v) is 7.58. The molecule has 2 heterocycles. The maximum absolute atomic E-state index is 11.1. The molecule has 116 valence electrons. The Kier molecular flexibility index (Phi) is 4.91. The number of aromatic nitrogens is 2. The molecule has 7 nitrogen and oxygen atoms in total. The highest BCUT2D eigenvalue weighted by Crippen LogP contribution is 2.39. The minimum atomic E-state index is -0.392. The van der Waals surface area contributed by atoms with Crippen LogP contribution in [-0.4, -0.2) is 41.4 Å². The van der Waals surface area contributed by atoms with Crippen molar-refractivity contribution in [2.24, 2.45) is 0 Å². The summed E-state index contributed by atoms with van der Waals surface area (Å²) in [7, 11) is 0. The predicted octanol–water partition coefficient (Wildman–Crippen LogP) is 3.20. The molecule has 0 aliphatic carbocycles. The lowest BCUT2D eigenvalue weighted by molar-refractivity contribution is -0.387. The third-order valence-electron chi connectivity index (χ3n) is 2.99. The van der Waals surface area contributed by atoms with Gasteiger partial charge < -0.3 is 9.64 Å². The van der Waals surface area contributed by atoms with E-state index in [9.17, 15) is 10.1 Å². The standard InChI is InChI=1S/C12H11BrN4O3S2/c13-8-1-2-10(9(7-8)17(18)19)21-12-15-14-11(22-12)16-3-5-20-6-4-16/h1-2,7H,3-6H2. The molecule has 0 bridgehead atoms. The van der Waals surface area contributed by atoms with Gasteiger partial charge in [-0.3, -0.25) is 10.1 Å². The normalized spacial score (nSPS) is 15.0. The Balaban J connectivity index is 1.79. The number of nitrogens with zero attached hydrogens (tertiary/aromatic N) is 4. The lowest BCUT2D eigenvalue weighted by Gasteiger charge is -2.25. The molecular formula is C12H11BrN4O3S2. The van der Waals surface area contributed by atoms with Crippen molar-refractivity contribution in [1.82, 2.24) is 10.2 Å². The van der Waals surface area contributed by atoms with Gasteiger partial charge in [0.05, 0.1) is 23.0 Å². The average molecular weight is 403 g/mol. The molecule has 1 aromatic carbocycles. The van der Waals surface area contributed by atoms with Crippen molar-refractivity contribution in [1.29, 1.82) is 0 Å². The molecule has 0 atom stereocenters. The lowest BCUT2D eigenvalue weighted by atomic mass is 10.3. The Bertz CT molecular complexity index is 691. The number of rotatable bonds is 4. The molecule has 22 heavy (non-hydrogen) atoms. The Labute approximate surface area is 143 Å². The summed E-state index contributed by atoms with van der Waals surface area (Å²) in [4.78, 5) is 13.4. The van der Waals surface area contributed by atoms with E-state index in [1.807, 2.05) is 0 Å². The molecule has 3 rings (SSSR count). The number of nitro benzene ring substituents is 1. The van der Waals surface area contributed by atoms with Gasteiger partial charge in [0.25, 0.3) is 5.69 Å². The molecule has 0 N–H and O–H groups in total. The second-order valence-electron chi connectivity index (χ2n) is 4.42. The van der Waals surface area contributed by atoms with Gasteiger partial charge >= 0.3 is 0 Å². The summed E-state index contributed by atoms with van der Waals surface area (Å²) in [5.74, 6) is 0. The van der Waals surface area contributed by atoms with Crippen molar-refractivity contribution in [2.75, 3.05) is 31.2 Å². The van der Waals surface area contributed by atoms with Gasteiger partial charge in [0.2, 0.25) is 5.13 Å². The fourth-order valence-electron chi connectivity index (χ4n) is 1.94. The minimum Gasteiger partial charge on any atom is -0.378 e. The number of ether oxygens (including phenoxy) is 1. The lowest BCUT2D eigenvalue weighted by Crippen LogP contribution is -2.36. The number of morpholine rings is 1. The molecule has 1 aliphatic heterocycles. The summed E-state index contributed by atoms with van der Waals surface area (Å²) in [6.07, 6.45) is 0. The Morgan fingerprint density at radius 1 is 1.36 bits per heavy atom. The van der Waals surface area contributed by atoms with Crippen LogP contribution in [0.2, 0.25) is 0 Å². The molecule has 1 aliphatic rings. The minimum absolute atomic E-state index is 0.0579. The van der Waals surface area contributed by atoms with Crippen LogP contribution in [0.5, 0.6) is 0 Å². The third-order valence-corrected chi connectivity index (χ3v) is 5.59. The van der Waals surface area contributed by atoms with Crippen molar-refractivity contribution < 1.29 is 9.66 Å². The molecule has 1 fully saturated rings. The van der Waals surface area contributed by atoms with E-state index in [4.69, 9.17) is 4.74 Å². The summed E-state index contributed by atoms with van der Waals surface area (Å²) in [6, 6.07) is 4.98. The van der Waals surface area contributed by atoms with Gasteiger partial charge in [0, 0.05) is 23.6 Å². The van der Waals surface area contributed by atoms with E-state index in [0.717, 1.165) is 18.2 Å². The first-order chi connectivity index (χ1) is 10.6. The Morgan fingerprint density at radius 2 is 2.14 bits per heavy atom. The topological polar surface area (TPSA) is 81.4 Å². The van der Waals surface area contributed by atoms with Crippen molar-refractivity contribution in [3.63, 3.8) is 0 Å². The SMILES string of the molecule is O=[N+]([O-])c1cc(Br)ccc1Sc1nnc(N2CCOCC2)s1. The molecule has 0 unspecified atom stereocenters. The molecule has 1 aromatic heterocycles. The second kappa shape index (κ2) is 6.90. The van der Waals surface area contributed by atoms with E-state index in [1.54, 1.807) is 12.1 Å². The smallest absolute Gasteiger partial charge is 0.284 e. The Morgan fingerprint density at radius 3 is 2.86 bits per heavy atom. The number of hydrogen-bond acceptors (Lipinski definition) is 8. The van der Waals surface area contributed by atoms with Crippen LogP contribution in [0.25, 0.3) is 0 Å². The fraction of sp³-hybridized carbons (Fsp3) is 0.333. The van der Waals surface area contributed by atoms with Crippen molar-refractivity contribution >= 4 is 49.8 Å². The van der Waals surface area contributed by atoms with Gasteiger partial charge in [-0.15, -0.1) is 10.2 Å². The van der Waals surface area contributed by atoms with Crippen molar-refractivity contribution in [2.45, 2.75) is 9.24 Å². The van der Waals surface area contributed by atoms with Crippen LogP contribution in [0.15, 0.2) is 31.9 Å². The highest BCUT2D eigenvalue weighted by molar-refractivity contribution is 9.10. The van der Waals surface area contributed by atoms with Gasteiger partial charge in [-0.2, -0.15) is 0 Å². The zero-order valence-electron chi connectivity index (χ0n) is 11.3. The molecule has 0 radical (unpaired) electrons. The monoisotopic (exact) mass is 402 g/mol. The van der Waals surface area contributed by atoms with Crippen LogP contribution in [0.1, 0.15) is 0 Å². The van der Waals surface area contributed by atoms with Crippen molar-refractivity contribution in [3.8, 4) is 0 Å². The van der Waals surface area contributed by atoms with Crippen LogP contribution in [-0.2, 0) is 4.74 Å². The van der Waals surface area contributed by atoms with Crippen LogP contribution < -0.4 is 4.90 Å². The first-order valence-electron chi connectivity index (χ1n) is 6.41. The number of anilines is 1. The summed E-state index contributed by atoms with van der Waals surface area (Å²) in [5, 5.41) is 20.2. The fourth-order valence-corrected chi connectivity index (χ4v) is 4.22. The highest BCUT2D eigenvalue weighted by atomic mass is 79.9. The molecule has 10 heteroatoms. The summed E-state index contributed by atoms with van der Waals surface area (Å²) in [5.41, 5.74) is 0.0579. The van der Waals surface area contributed by atoms with Gasteiger partial charge in [-0.1, -0.05) is 27.3 Å². The quantitative estimate of drug-likeness (QED) is 0.573. The van der Waals surface area contributed by atoms with E-state index >= 15 is 0 Å². The van der Waals surface area contributed by atoms with E-state index in [0.29, 0.717) is 26.9 Å². The maximum Gasteiger partial charge on any atom is 0.284 e. The van der Waals surface area contributed by atoms with Crippen LogP contribution >= 0.6 is 39.0 Å². The number of halogens is 1. The van der Waals surface area contributed by atoms with E-state index in [2.05, 4.69) is 31.0 Å². The predicted molar refractivity (Wildman–Crippen MR) is 87.9 cm³/mol. The molecule has 1 saturated heterocycles. The number of benzene rings is 1. The van der Waals surface area contributed by atoms with Gasteiger partial charge in [-0.05, 0) is 23.9 Å². The average Bonchev–Trinajstić information content (AvgIpc) is 2.98. The van der Waals surface area contributed by atoms with Gasteiger partial charge in [0.1, 0.15) is 0 Å². The van der Waals surface area contributed by atoms with E-state index in [-0.39, 0.29) is 5.69 Å². The zero-order valence-corrected chi connectivity index (χ0v) is 14.5. The third kappa shape index (κ3) is 3.57. The largest absolute Gasteiger partial charge is 0.378 e. The summed E-state index contributed by atoms with van der Waals surface area (Å²) in [6.45, 7) is 2.94.